The van der Waals surface area contributed by atoms with Crippen LogP contribution < -0.4 is 0 Å². The molecule has 73 heavy (non-hydrogen) atoms. The first kappa shape index (κ1) is 62.4. The number of methoxy groups -OCH3 is 3. The van der Waals surface area contributed by atoms with Gasteiger partial charge in [-0.25, -0.2) is 4.79 Å². The fourth-order valence-corrected chi connectivity index (χ4v) is 12.3. The van der Waals surface area contributed by atoms with E-state index in [1.165, 1.54) is 12.0 Å². The third-order valence-corrected chi connectivity index (χ3v) is 16.8. The minimum Gasteiger partial charge on any atom is -0.460 e. The van der Waals surface area contributed by atoms with Crippen molar-refractivity contribution in [1.29, 1.82) is 0 Å². The van der Waals surface area contributed by atoms with Gasteiger partial charge in [0.25, 0.3) is 11.7 Å². The standard InChI is InChI=1S/C56H88BrNO14Si/c1-34-19-15-14-16-20-35(2)46(66-8)31-42-24-22-40(7)56(65,71-42)53(62)54(63)58-26-18-17-21-43(58)55(64)70-47(37(4)29-41-23-25-45(48(30-41)67-9)69-49(60)33-57)32-44(59)36(3)28-39(6)51(72-73(11,12)13)52(68-10)50(61)38(5)27-34/h14-16,19-20,28,34,37-43,45-48,51-52,65H,17-18,21-27,29-33H2,1-13H3/t34-,37-,38-,39?,40-,41+,42+,43+,45-,46+,47+,48-,51-,52+,56-/m1/s1. The first-order chi connectivity index (χ1) is 34.4. The van der Waals surface area contributed by atoms with Crippen LogP contribution in [0.4, 0.5) is 0 Å². The zero-order valence-electron chi connectivity index (χ0n) is 46.0. The summed E-state index contributed by atoms with van der Waals surface area (Å²) in [6.07, 6.45) is 12.6. The van der Waals surface area contributed by atoms with Crippen molar-refractivity contribution in [3.05, 3.63) is 47.6 Å². The summed E-state index contributed by atoms with van der Waals surface area (Å²) >= 11 is 3.17. The topological polar surface area (TPSA) is 190 Å². The molecule has 4 rings (SSSR count). The van der Waals surface area contributed by atoms with E-state index >= 15 is 0 Å². The molecule has 0 aromatic carbocycles. The van der Waals surface area contributed by atoms with Gasteiger partial charge in [-0.3, -0.25) is 24.0 Å². The molecule has 1 aliphatic carbocycles. The Kier molecular flexibility index (Phi) is 24.6. The Morgan fingerprint density at radius 1 is 0.890 bits per heavy atom. The molecule has 0 spiro atoms. The monoisotopic (exact) mass is 1110 g/mol. The highest BCUT2D eigenvalue weighted by Gasteiger charge is 2.53. The number of piperidine rings is 1. The SMILES string of the molecule is CO[C@H]1C[C@@H]2CC[C@@H](C)[C@@](O)(O2)C(=O)C(=O)N2CCCC[C@H]2C(=O)O[C@H]([C@H](C)C[C@@H]2CC[C@@H](OC(=O)CBr)[C@H](OC)C2)CC(=O)C(C)=CC(C)[C@@H](O[Si](C)(C)C)[C@@H](OC)C(=O)[C@H](C)C[C@H](C)C=CC=CC=C1C. The third-order valence-electron chi connectivity index (χ3n) is 15.3. The number of fused-ring (bicyclic) bond motifs is 3. The molecule has 3 fully saturated rings. The Bertz CT molecular complexity index is 2020. The van der Waals surface area contributed by atoms with Crippen molar-refractivity contribution >= 4 is 59.4 Å². The summed E-state index contributed by atoms with van der Waals surface area (Å²) < 4.78 is 42.7. The molecule has 2 bridgehead atoms. The number of carbonyl (C=O) groups excluding carboxylic acids is 6. The molecular formula is C56H88BrNO14Si. The minimum atomic E-state index is -2.44. The van der Waals surface area contributed by atoms with E-state index in [1.54, 1.807) is 28.1 Å². The zero-order chi connectivity index (χ0) is 54.4. The van der Waals surface area contributed by atoms with Crippen molar-refractivity contribution in [3.63, 3.8) is 0 Å². The first-order valence-corrected chi connectivity index (χ1v) is 31.1. The molecule has 4 aliphatic rings. The van der Waals surface area contributed by atoms with E-state index < -0.39 is 86.3 Å². The maximum Gasteiger partial charge on any atom is 0.329 e. The summed E-state index contributed by atoms with van der Waals surface area (Å²) in [6.45, 7) is 19.4. The molecule has 1 unspecified atom stereocenters. The summed E-state index contributed by atoms with van der Waals surface area (Å²) in [7, 11) is 2.40. The van der Waals surface area contributed by atoms with Gasteiger partial charge in [0.15, 0.2) is 19.9 Å². The normalized spacial score (nSPS) is 35.1. The van der Waals surface area contributed by atoms with Crippen LogP contribution in [0.3, 0.4) is 0 Å². The van der Waals surface area contributed by atoms with Crippen LogP contribution >= 0.6 is 15.9 Å². The number of amides is 1. The molecule has 15 nitrogen and oxygen atoms in total. The second kappa shape index (κ2) is 28.8. The Morgan fingerprint density at radius 3 is 2.25 bits per heavy atom. The number of hydrogen-bond donors (Lipinski definition) is 1. The number of ketones is 3. The van der Waals surface area contributed by atoms with Crippen molar-refractivity contribution in [2.45, 2.75) is 200 Å². The number of hydrogen-bond acceptors (Lipinski definition) is 14. The number of allylic oxidation sites excluding steroid dienone is 6. The van der Waals surface area contributed by atoms with Gasteiger partial charge in [0.2, 0.25) is 5.79 Å². The molecule has 2 saturated heterocycles. The summed E-state index contributed by atoms with van der Waals surface area (Å²) in [5.41, 5.74) is 1.29. The molecule has 0 aromatic heterocycles. The average Bonchev–Trinajstić information content (AvgIpc) is 3.35. The van der Waals surface area contributed by atoms with Crippen LogP contribution in [0.15, 0.2) is 47.6 Å². The fourth-order valence-electron chi connectivity index (χ4n) is 11.0. The van der Waals surface area contributed by atoms with E-state index in [-0.39, 0.29) is 72.0 Å². The number of alkyl halides is 1. The van der Waals surface area contributed by atoms with Crippen LogP contribution in [0.2, 0.25) is 19.6 Å². The number of carbonyl (C=O) groups is 6. The van der Waals surface area contributed by atoms with Crippen LogP contribution in [0.25, 0.3) is 0 Å². The summed E-state index contributed by atoms with van der Waals surface area (Å²) in [6, 6.07) is -1.15. The lowest BCUT2D eigenvalue weighted by Crippen LogP contribution is -2.61. The highest BCUT2D eigenvalue weighted by molar-refractivity contribution is 9.09. The van der Waals surface area contributed by atoms with Crippen molar-refractivity contribution < 1.29 is 66.7 Å². The van der Waals surface area contributed by atoms with E-state index in [2.05, 4.69) is 22.9 Å². The number of aliphatic hydroxyl groups is 1. The van der Waals surface area contributed by atoms with E-state index in [4.69, 9.17) is 32.8 Å². The summed E-state index contributed by atoms with van der Waals surface area (Å²) in [5.74, 6) is -7.84. The Hall–Kier alpha value is -3.16. The molecule has 3 heterocycles. The second-order valence-electron chi connectivity index (χ2n) is 22.4. The van der Waals surface area contributed by atoms with E-state index in [0.717, 1.165) is 5.57 Å². The maximum absolute atomic E-state index is 14.6. The van der Waals surface area contributed by atoms with Crippen molar-refractivity contribution in [1.82, 2.24) is 4.90 Å². The largest absolute Gasteiger partial charge is 0.460 e. The van der Waals surface area contributed by atoms with Crippen molar-refractivity contribution in [2.75, 3.05) is 33.2 Å². The third kappa shape index (κ3) is 17.7. The molecule has 17 heteroatoms. The number of halogens is 1. The number of Topliss-reactive ketones (excluding diaryl/α,β-unsaturated/α-hetero) is 3. The molecule has 0 radical (unpaired) electrons. The highest BCUT2D eigenvalue weighted by Crippen LogP contribution is 2.38. The first-order valence-electron chi connectivity index (χ1n) is 26.6. The summed E-state index contributed by atoms with van der Waals surface area (Å²) in [4.78, 5) is 85.6. The Labute approximate surface area is 445 Å². The number of rotatable bonds is 10. The number of nitrogens with zero attached hydrogens (tertiary/aromatic N) is 1. The molecule has 412 valence electrons. The van der Waals surface area contributed by atoms with Crippen molar-refractivity contribution in [3.8, 4) is 0 Å². The predicted molar refractivity (Wildman–Crippen MR) is 285 cm³/mol. The molecule has 1 N–H and O–H groups in total. The van der Waals surface area contributed by atoms with Crippen LogP contribution in [0.5, 0.6) is 0 Å². The van der Waals surface area contributed by atoms with Gasteiger partial charge < -0.3 is 42.9 Å². The van der Waals surface area contributed by atoms with Crippen LogP contribution in [0, 0.1) is 35.5 Å². The molecule has 1 amide bonds. The van der Waals surface area contributed by atoms with Crippen LogP contribution in [0.1, 0.15) is 126 Å². The fraction of sp³-hybridized carbons (Fsp3) is 0.750. The van der Waals surface area contributed by atoms with Gasteiger partial charge in [0.05, 0.1) is 24.4 Å². The Morgan fingerprint density at radius 2 is 1.60 bits per heavy atom. The lowest BCUT2D eigenvalue weighted by Gasteiger charge is -2.42. The van der Waals surface area contributed by atoms with Gasteiger partial charge in [0, 0.05) is 58.5 Å². The number of ether oxygens (including phenoxy) is 6. The van der Waals surface area contributed by atoms with Gasteiger partial charge in [-0.15, -0.1) is 0 Å². The van der Waals surface area contributed by atoms with Gasteiger partial charge in [-0.1, -0.05) is 87.0 Å². The van der Waals surface area contributed by atoms with Gasteiger partial charge >= 0.3 is 11.9 Å². The lowest BCUT2D eigenvalue weighted by atomic mass is 9.78. The molecule has 0 aromatic rings. The zero-order valence-corrected chi connectivity index (χ0v) is 48.6. The van der Waals surface area contributed by atoms with Gasteiger partial charge in [-0.2, -0.15) is 0 Å². The summed E-state index contributed by atoms with van der Waals surface area (Å²) in [5, 5.41) is 12.1. The lowest BCUT2D eigenvalue weighted by molar-refractivity contribution is -0.265. The quantitative estimate of drug-likeness (QED) is 0.0944. The van der Waals surface area contributed by atoms with E-state index in [1.807, 2.05) is 83.8 Å². The average molecular weight is 1110 g/mol. The van der Waals surface area contributed by atoms with E-state index in [9.17, 15) is 33.9 Å². The predicted octanol–water partition coefficient (Wildman–Crippen LogP) is 8.99. The molecule has 3 aliphatic heterocycles. The van der Waals surface area contributed by atoms with Gasteiger partial charge in [0.1, 0.15) is 29.7 Å². The smallest absolute Gasteiger partial charge is 0.329 e. The van der Waals surface area contributed by atoms with Crippen LogP contribution in [-0.2, 0) is 61.6 Å². The number of esters is 2. The molecule has 1 saturated carbocycles. The Balaban J connectivity index is 1.76. The minimum absolute atomic E-state index is 0.0482. The number of cyclic esters (lactones) is 1. The molecular weight excluding hydrogens is 1020 g/mol. The van der Waals surface area contributed by atoms with Gasteiger partial charge in [-0.05, 0) is 127 Å². The maximum atomic E-state index is 14.6. The highest BCUT2D eigenvalue weighted by atomic mass is 79.9. The van der Waals surface area contributed by atoms with Crippen molar-refractivity contribution in [2.24, 2.45) is 35.5 Å². The van der Waals surface area contributed by atoms with Crippen LogP contribution in [-0.4, -0.2) is 141 Å². The molecule has 15 atom stereocenters. The second-order valence-corrected chi connectivity index (χ2v) is 27.4. The van der Waals surface area contributed by atoms with E-state index in [0.29, 0.717) is 69.8 Å².